The lowest BCUT2D eigenvalue weighted by atomic mass is 10.1. The van der Waals surface area contributed by atoms with E-state index >= 15 is 0 Å². The Hall–Kier alpha value is -0.400. The van der Waals surface area contributed by atoms with Crippen LogP contribution in [0.4, 0.5) is 0 Å². The standard InChI is InChI=1S/C8H16N2/c1-7-5-3-4-6-8(2)10-9-7/h7-8H,3-6H2,1-2H3/t7-,8+. The number of nitrogens with zero attached hydrogens (tertiary/aromatic N) is 2. The zero-order chi connectivity index (χ0) is 7.40. The van der Waals surface area contributed by atoms with Crippen molar-refractivity contribution in [1.29, 1.82) is 0 Å². The molecule has 2 nitrogen and oxygen atoms in total. The molecule has 10 heavy (non-hydrogen) atoms. The molecule has 0 radical (unpaired) electrons. The molecule has 1 aliphatic rings. The van der Waals surface area contributed by atoms with E-state index in [4.69, 9.17) is 0 Å². The highest BCUT2D eigenvalue weighted by Gasteiger charge is 2.06. The van der Waals surface area contributed by atoms with Crippen LogP contribution in [0.2, 0.25) is 0 Å². The molecule has 2 heteroatoms. The zero-order valence-corrected chi connectivity index (χ0v) is 6.88. The van der Waals surface area contributed by atoms with Gasteiger partial charge in [-0.15, -0.1) is 0 Å². The lowest BCUT2D eigenvalue weighted by Crippen LogP contribution is -2.05. The molecular weight excluding hydrogens is 124 g/mol. The fourth-order valence-electron chi connectivity index (χ4n) is 1.22. The molecule has 0 aliphatic carbocycles. The predicted molar refractivity (Wildman–Crippen MR) is 42.2 cm³/mol. The maximum Gasteiger partial charge on any atom is 0.0680 e. The smallest absolute Gasteiger partial charge is 0.0680 e. The van der Waals surface area contributed by atoms with E-state index in [1.165, 1.54) is 25.7 Å². The molecule has 0 saturated heterocycles. The van der Waals surface area contributed by atoms with Crippen molar-refractivity contribution in [2.24, 2.45) is 10.2 Å². The summed E-state index contributed by atoms with van der Waals surface area (Å²) >= 11 is 0. The summed E-state index contributed by atoms with van der Waals surface area (Å²) in [6, 6.07) is 0.922. The molecule has 1 rings (SSSR count). The Morgan fingerprint density at radius 2 is 1.30 bits per heavy atom. The molecule has 2 atom stereocenters. The van der Waals surface area contributed by atoms with Gasteiger partial charge in [0.2, 0.25) is 0 Å². The maximum atomic E-state index is 4.19. The Balaban J connectivity index is 2.42. The average molecular weight is 140 g/mol. The van der Waals surface area contributed by atoms with E-state index in [2.05, 4.69) is 24.1 Å². The van der Waals surface area contributed by atoms with Gasteiger partial charge in [-0.2, -0.15) is 10.2 Å². The van der Waals surface area contributed by atoms with Crippen molar-refractivity contribution in [3.63, 3.8) is 0 Å². The minimum Gasteiger partial charge on any atom is -0.191 e. The Bertz CT molecular complexity index is 106. The Kier molecular flexibility index (Phi) is 2.84. The van der Waals surface area contributed by atoms with Crippen LogP contribution in [-0.4, -0.2) is 12.1 Å². The van der Waals surface area contributed by atoms with Gasteiger partial charge < -0.3 is 0 Å². The molecule has 0 amide bonds. The van der Waals surface area contributed by atoms with Crippen molar-refractivity contribution in [2.45, 2.75) is 51.6 Å². The van der Waals surface area contributed by atoms with Crippen molar-refractivity contribution >= 4 is 0 Å². The number of hydrogen-bond donors (Lipinski definition) is 0. The van der Waals surface area contributed by atoms with Crippen LogP contribution in [0.1, 0.15) is 39.5 Å². The van der Waals surface area contributed by atoms with E-state index in [0.29, 0.717) is 12.1 Å². The Labute approximate surface area is 62.7 Å². The third-order valence-corrected chi connectivity index (χ3v) is 1.95. The second kappa shape index (κ2) is 3.69. The molecular formula is C8H16N2. The molecule has 1 aliphatic heterocycles. The molecule has 0 spiro atoms. The van der Waals surface area contributed by atoms with Crippen LogP contribution in [0, 0.1) is 0 Å². The minimum atomic E-state index is 0.461. The van der Waals surface area contributed by atoms with Crippen LogP contribution in [0.15, 0.2) is 10.2 Å². The van der Waals surface area contributed by atoms with E-state index in [0.717, 1.165) is 0 Å². The second-order valence-electron chi connectivity index (χ2n) is 3.21. The topological polar surface area (TPSA) is 24.7 Å². The van der Waals surface area contributed by atoms with E-state index in [1.54, 1.807) is 0 Å². The Morgan fingerprint density at radius 1 is 0.900 bits per heavy atom. The first kappa shape index (κ1) is 7.70. The summed E-state index contributed by atoms with van der Waals surface area (Å²) in [5, 5.41) is 8.38. The summed E-state index contributed by atoms with van der Waals surface area (Å²) in [6.45, 7) is 4.28. The molecule has 1 heterocycles. The van der Waals surface area contributed by atoms with Crippen LogP contribution in [0.5, 0.6) is 0 Å². The number of azo groups is 1. The van der Waals surface area contributed by atoms with Gasteiger partial charge >= 0.3 is 0 Å². The van der Waals surface area contributed by atoms with E-state index in [9.17, 15) is 0 Å². The SMILES string of the molecule is C[C@@H]1CCCC[C@H](C)N=N1. The van der Waals surface area contributed by atoms with Crippen molar-refractivity contribution in [3.8, 4) is 0 Å². The summed E-state index contributed by atoms with van der Waals surface area (Å²) in [6.07, 6.45) is 5.08. The van der Waals surface area contributed by atoms with Gasteiger partial charge in [0, 0.05) is 0 Å². The highest BCUT2D eigenvalue weighted by Crippen LogP contribution is 2.14. The number of hydrogen-bond acceptors (Lipinski definition) is 2. The van der Waals surface area contributed by atoms with E-state index in [-0.39, 0.29) is 0 Å². The maximum absolute atomic E-state index is 4.19. The third kappa shape index (κ3) is 2.46. The molecule has 0 unspecified atom stereocenters. The summed E-state index contributed by atoms with van der Waals surface area (Å²) in [4.78, 5) is 0. The van der Waals surface area contributed by atoms with Gasteiger partial charge in [-0.1, -0.05) is 12.8 Å². The first-order valence-corrected chi connectivity index (χ1v) is 4.19. The summed E-state index contributed by atoms with van der Waals surface area (Å²) < 4.78 is 0. The Morgan fingerprint density at radius 3 is 1.70 bits per heavy atom. The summed E-state index contributed by atoms with van der Waals surface area (Å²) in [7, 11) is 0. The predicted octanol–water partition coefficient (Wildman–Crippen LogP) is 2.79. The quantitative estimate of drug-likeness (QED) is 0.494. The second-order valence-corrected chi connectivity index (χ2v) is 3.21. The minimum absolute atomic E-state index is 0.461. The van der Waals surface area contributed by atoms with Crippen LogP contribution in [0.3, 0.4) is 0 Å². The van der Waals surface area contributed by atoms with Crippen molar-refractivity contribution in [2.75, 3.05) is 0 Å². The third-order valence-electron chi connectivity index (χ3n) is 1.95. The van der Waals surface area contributed by atoms with E-state index in [1.807, 2.05) is 0 Å². The zero-order valence-electron chi connectivity index (χ0n) is 6.88. The molecule has 0 aromatic rings. The first-order valence-electron chi connectivity index (χ1n) is 4.19. The van der Waals surface area contributed by atoms with Gasteiger partial charge in [0.05, 0.1) is 12.1 Å². The molecule has 0 bridgehead atoms. The summed E-state index contributed by atoms with van der Waals surface area (Å²) in [5.74, 6) is 0. The van der Waals surface area contributed by atoms with Crippen LogP contribution < -0.4 is 0 Å². The van der Waals surface area contributed by atoms with E-state index < -0.39 is 0 Å². The monoisotopic (exact) mass is 140 g/mol. The van der Waals surface area contributed by atoms with Crippen LogP contribution >= 0.6 is 0 Å². The molecule has 0 saturated carbocycles. The van der Waals surface area contributed by atoms with Crippen LogP contribution in [0.25, 0.3) is 0 Å². The average Bonchev–Trinajstić information content (AvgIpc) is 1.90. The highest BCUT2D eigenvalue weighted by atomic mass is 15.1. The molecule has 0 N–H and O–H groups in total. The fraction of sp³-hybridized carbons (Fsp3) is 1.00. The lowest BCUT2D eigenvalue weighted by molar-refractivity contribution is 0.480. The van der Waals surface area contributed by atoms with Gasteiger partial charge in [0.1, 0.15) is 0 Å². The molecule has 0 aromatic heterocycles. The molecule has 0 fully saturated rings. The first-order chi connectivity index (χ1) is 4.79. The van der Waals surface area contributed by atoms with Gasteiger partial charge in [-0.3, -0.25) is 0 Å². The van der Waals surface area contributed by atoms with Gasteiger partial charge in [-0.05, 0) is 26.7 Å². The molecule has 58 valence electrons. The fourth-order valence-corrected chi connectivity index (χ4v) is 1.22. The molecule has 0 aromatic carbocycles. The van der Waals surface area contributed by atoms with Gasteiger partial charge in [0.25, 0.3) is 0 Å². The lowest BCUT2D eigenvalue weighted by Gasteiger charge is -2.11. The van der Waals surface area contributed by atoms with Crippen molar-refractivity contribution in [3.05, 3.63) is 0 Å². The summed E-state index contributed by atoms with van der Waals surface area (Å²) in [5.41, 5.74) is 0. The number of rotatable bonds is 0. The van der Waals surface area contributed by atoms with Gasteiger partial charge in [0.15, 0.2) is 0 Å². The van der Waals surface area contributed by atoms with Crippen molar-refractivity contribution in [1.82, 2.24) is 0 Å². The van der Waals surface area contributed by atoms with Crippen LogP contribution in [-0.2, 0) is 0 Å². The largest absolute Gasteiger partial charge is 0.191 e. The van der Waals surface area contributed by atoms with Crippen molar-refractivity contribution < 1.29 is 0 Å². The normalized spacial score (nSPS) is 35.0. The highest BCUT2D eigenvalue weighted by molar-refractivity contribution is 4.65. The van der Waals surface area contributed by atoms with Gasteiger partial charge in [-0.25, -0.2) is 0 Å².